The topological polar surface area (TPSA) is 167 Å². The van der Waals surface area contributed by atoms with Crippen LogP contribution >= 0.6 is 0 Å². The first-order chi connectivity index (χ1) is 5.52. The SMILES string of the molecule is O.O.O=C(O)c1cc([O-])c([O-])c(O)c1.[Mg+2]. The molecule has 0 spiro atoms. The number of aromatic carboxylic acids is 1. The Kier molecular flexibility index (Phi) is 9.19. The van der Waals surface area contributed by atoms with Crippen LogP contribution in [0.2, 0.25) is 0 Å². The largest absolute Gasteiger partial charge is 2.00 e. The summed E-state index contributed by atoms with van der Waals surface area (Å²) in [6.07, 6.45) is 0. The van der Waals surface area contributed by atoms with Gasteiger partial charge in [-0.05, 0) is 6.07 Å². The van der Waals surface area contributed by atoms with Crippen LogP contribution in [-0.4, -0.2) is 50.2 Å². The molecule has 0 fully saturated rings. The van der Waals surface area contributed by atoms with Gasteiger partial charge in [0.1, 0.15) is 5.75 Å². The maximum atomic E-state index is 10.6. The summed E-state index contributed by atoms with van der Waals surface area (Å²) in [5.74, 6) is -4.30. The zero-order chi connectivity index (χ0) is 9.30. The molecular weight excluding hydrogens is 220 g/mol. The van der Waals surface area contributed by atoms with Gasteiger partial charge in [-0.15, -0.1) is 5.75 Å². The maximum absolute atomic E-state index is 10.6. The molecule has 1 aromatic carbocycles. The number of rotatable bonds is 1. The van der Waals surface area contributed by atoms with Crippen LogP contribution in [0, 0.1) is 0 Å². The fourth-order valence-corrected chi connectivity index (χ4v) is 0.711. The van der Waals surface area contributed by atoms with Crippen molar-refractivity contribution in [2.45, 2.75) is 0 Å². The minimum absolute atomic E-state index is 0. The van der Waals surface area contributed by atoms with Crippen molar-refractivity contribution in [3.63, 3.8) is 0 Å². The number of hydrogen-bond donors (Lipinski definition) is 2. The zero-order valence-electron chi connectivity index (χ0n) is 7.48. The molecule has 1 rings (SSSR count). The molecule has 80 valence electrons. The first kappa shape index (κ1) is 19.4. The van der Waals surface area contributed by atoms with E-state index in [9.17, 15) is 15.0 Å². The van der Waals surface area contributed by atoms with E-state index in [2.05, 4.69) is 0 Å². The molecule has 0 aromatic heterocycles. The maximum Gasteiger partial charge on any atom is 2.00 e. The van der Waals surface area contributed by atoms with Crippen molar-refractivity contribution in [1.82, 2.24) is 0 Å². The van der Waals surface area contributed by atoms with Gasteiger partial charge in [0.15, 0.2) is 0 Å². The minimum Gasteiger partial charge on any atom is -0.873 e. The van der Waals surface area contributed by atoms with E-state index in [1.54, 1.807) is 0 Å². The predicted octanol–water partition coefficient (Wildman–Crippen LogP) is -2.79. The molecule has 0 saturated heterocycles. The third-order valence-corrected chi connectivity index (χ3v) is 1.28. The third-order valence-electron chi connectivity index (χ3n) is 1.28. The second-order valence-corrected chi connectivity index (χ2v) is 2.13. The third kappa shape index (κ3) is 4.21. The van der Waals surface area contributed by atoms with Crippen molar-refractivity contribution in [2.75, 3.05) is 0 Å². The number of phenols is 1. The summed E-state index contributed by atoms with van der Waals surface area (Å²) in [5.41, 5.74) is -0.392. The number of aromatic hydroxyl groups is 1. The number of carboxylic acids is 1. The molecule has 0 aliphatic heterocycles. The Morgan fingerprint density at radius 1 is 1.20 bits per heavy atom. The summed E-state index contributed by atoms with van der Waals surface area (Å²) in [5, 5.41) is 38.3. The van der Waals surface area contributed by atoms with E-state index in [0.29, 0.717) is 6.07 Å². The average molecular weight is 228 g/mol. The van der Waals surface area contributed by atoms with E-state index < -0.39 is 28.8 Å². The molecule has 0 amide bonds. The van der Waals surface area contributed by atoms with Crippen LogP contribution in [0.1, 0.15) is 10.4 Å². The number of hydrogen-bond acceptors (Lipinski definition) is 4. The summed E-state index contributed by atoms with van der Waals surface area (Å²) in [7, 11) is 0. The van der Waals surface area contributed by atoms with Crippen molar-refractivity contribution in [2.24, 2.45) is 0 Å². The summed E-state index contributed by atoms with van der Waals surface area (Å²) in [6.45, 7) is 0. The van der Waals surface area contributed by atoms with Crippen molar-refractivity contribution in [3.8, 4) is 17.2 Å². The van der Waals surface area contributed by atoms with Crippen LogP contribution in [0.4, 0.5) is 0 Å². The van der Waals surface area contributed by atoms with Gasteiger partial charge in [0.05, 0.1) is 5.56 Å². The van der Waals surface area contributed by atoms with Crippen molar-refractivity contribution >= 4 is 29.0 Å². The standard InChI is InChI=1S/C7H6O5.Mg.2H2O/c8-4-1-3(7(11)12)2-5(9)6(4)10;;;/h1-2,8-10H,(H,11,12);;2*1H2/q;+2;;/p-2. The van der Waals surface area contributed by atoms with Gasteiger partial charge in [-0.25, -0.2) is 4.79 Å². The van der Waals surface area contributed by atoms with Gasteiger partial charge in [-0.3, -0.25) is 0 Å². The molecule has 7 nitrogen and oxygen atoms in total. The monoisotopic (exact) mass is 228 g/mol. The minimum atomic E-state index is -1.36. The van der Waals surface area contributed by atoms with Crippen molar-refractivity contribution < 1.29 is 36.2 Å². The Labute approximate surface area is 100 Å². The number of phenolic OH excluding ortho intramolecular Hbond substituents is 1. The summed E-state index contributed by atoms with van der Waals surface area (Å²) < 4.78 is 0. The predicted molar refractivity (Wildman–Crippen MR) is 46.9 cm³/mol. The molecule has 0 unspecified atom stereocenters. The van der Waals surface area contributed by atoms with Crippen LogP contribution in [0.25, 0.3) is 0 Å². The van der Waals surface area contributed by atoms with Crippen LogP contribution in [-0.2, 0) is 0 Å². The van der Waals surface area contributed by atoms with E-state index in [-0.39, 0.29) is 34.0 Å². The van der Waals surface area contributed by atoms with Crippen LogP contribution in [0.3, 0.4) is 0 Å². The quantitative estimate of drug-likeness (QED) is 0.494. The van der Waals surface area contributed by atoms with E-state index in [0.717, 1.165) is 6.07 Å². The summed E-state index contributed by atoms with van der Waals surface area (Å²) >= 11 is 0. The Hall–Kier alpha value is -1.22. The van der Waals surface area contributed by atoms with Gasteiger partial charge in [-0.1, -0.05) is 11.8 Å². The molecule has 1 aromatic rings. The Bertz CT molecular complexity index is 315. The number of carboxylic acid groups (broad SMARTS) is 1. The molecule has 0 bridgehead atoms. The first-order valence-electron chi connectivity index (χ1n) is 2.96. The number of benzene rings is 1. The Balaban J connectivity index is -0.000000480. The second kappa shape index (κ2) is 7.12. The molecule has 0 heterocycles. The normalized spacial score (nSPS) is 7.73. The van der Waals surface area contributed by atoms with Gasteiger partial charge < -0.3 is 31.4 Å². The van der Waals surface area contributed by atoms with Gasteiger partial charge in [0, 0.05) is 0 Å². The molecule has 0 saturated carbocycles. The number of carbonyl (C=O) groups is 1. The van der Waals surface area contributed by atoms with Gasteiger partial charge in [0.25, 0.3) is 0 Å². The smallest absolute Gasteiger partial charge is 0.873 e. The van der Waals surface area contributed by atoms with Crippen molar-refractivity contribution in [3.05, 3.63) is 17.7 Å². The fraction of sp³-hybridized carbons (Fsp3) is 0. The van der Waals surface area contributed by atoms with Gasteiger partial charge in [-0.2, -0.15) is 0 Å². The Morgan fingerprint density at radius 3 is 2.00 bits per heavy atom. The fourth-order valence-electron chi connectivity index (χ4n) is 0.711. The van der Waals surface area contributed by atoms with E-state index >= 15 is 0 Å². The van der Waals surface area contributed by atoms with Crippen LogP contribution in [0.15, 0.2) is 12.1 Å². The first-order valence-corrected chi connectivity index (χ1v) is 2.96. The molecule has 0 aliphatic carbocycles. The molecule has 0 atom stereocenters. The molecule has 6 N–H and O–H groups in total. The molecule has 0 aliphatic rings. The Morgan fingerprint density at radius 2 is 1.67 bits per heavy atom. The van der Waals surface area contributed by atoms with E-state index in [1.165, 1.54) is 0 Å². The molecule has 8 heteroatoms. The van der Waals surface area contributed by atoms with Crippen LogP contribution < -0.4 is 10.2 Å². The summed E-state index contributed by atoms with van der Waals surface area (Å²) in [4.78, 5) is 10.3. The van der Waals surface area contributed by atoms with E-state index in [4.69, 9.17) is 10.2 Å². The van der Waals surface area contributed by atoms with Crippen molar-refractivity contribution in [1.29, 1.82) is 0 Å². The zero-order valence-corrected chi connectivity index (χ0v) is 8.90. The van der Waals surface area contributed by atoms with E-state index in [1.807, 2.05) is 0 Å². The molecular formula is C7H8MgO7. The second-order valence-electron chi connectivity index (χ2n) is 2.13. The van der Waals surface area contributed by atoms with Crippen LogP contribution in [0.5, 0.6) is 17.2 Å². The van der Waals surface area contributed by atoms with Gasteiger partial charge in [0.2, 0.25) is 0 Å². The average Bonchev–Trinajstić information content (AvgIpc) is 1.99. The summed E-state index contributed by atoms with van der Waals surface area (Å²) in [6, 6.07) is 1.41. The molecule has 15 heavy (non-hydrogen) atoms. The molecule has 0 radical (unpaired) electrons. The van der Waals surface area contributed by atoms with Gasteiger partial charge >= 0.3 is 29.0 Å².